The quantitative estimate of drug-likeness (QED) is 0.760. The summed E-state index contributed by atoms with van der Waals surface area (Å²) in [5.74, 6) is 0.901. The molecule has 1 aromatic carbocycles. The van der Waals surface area contributed by atoms with E-state index < -0.39 is 0 Å². The van der Waals surface area contributed by atoms with Crippen molar-refractivity contribution in [2.24, 2.45) is 0 Å². The maximum absolute atomic E-state index is 5.45. The third-order valence-electron chi connectivity index (χ3n) is 2.92. The van der Waals surface area contributed by atoms with Crippen molar-refractivity contribution in [2.75, 3.05) is 7.11 Å². The summed E-state index contributed by atoms with van der Waals surface area (Å²) in [4.78, 5) is 0. The van der Waals surface area contributed by atoms with Crippen LogP contribution in [0.25, 0.3) is 0 Å². The highest BCUT2D eigenvalue weighted by atomic mass is 79.9. The van der Waals surface area contributed by atoms with Crippen molar-refractivity contribution < 1.29 is 4.74 Å². The van der Waals surface area contributed by atoms with Crippen LogP contribution in [0.15, 0.2) is 21.1 Å². The summed E-state index contributed by atoms with van der Waals surface area (Å²) in [5.41, 5.74) is 1.30. The van der Waals surface area contributed by atoms with Gasteiger partial charge in [0.2, 0.25) is 0 Å². The lowest BCUT2D eigenvalue weighted by Gasteiger charge is -2.26. The van der Waals surface area contributed by atoms with Crippen LogP contribution < -0.4 is 10.1 Å². The Kier molecular flexibility index (Phi) is 6.15. The van der Waals surface area contributed by atoms with Crippen molar-refractivity contribution in [1.82, 2.24) is 5.32 Å². The molecule has 18 heavy (non-hydrogen) atoms. The molecule has 0 atom stereocenters. The molecular formula is C14H21Br2NO. The first-order valence-corrected chi connectivity index (χ1v) is 7.75. The predicted octanol–water partition coefficient (Wildman–Crippen LogP) is 4.89. The topological polar surface area (TPSA) is 21.3 Å². The molecule has 1 rings (SSSR count). The van der Waals surface area contributed by atoms with E-state index in [1.165, 1.54) is 6.42 Å². The first kappa shape index (κ1) is 16.0. The van der Waals surface area contributed by atoms with Crippen LogP contribution in [0.1, 0.15) is 39.2 Å². The summed E-state index contributed by atoms with van der Waals surface area (Å²) in [6.45, 7) is 7.47. The van der Waals surface area contributed by atoms with E-state index >= 15 is 0 Å². The molecule has 0 amide bonds. The van der Waals surface area contributed by atoms with Crippen molar-refractivity contribution in [3.63, 3.8) is 0 Å². The molecule has 0 unspecified atom stereocenters. The van der Waals surface area contributed by atoms with E-state index in [4.69, 9.17) is 4.74 Å². The van der Waals surface area contributed by atoms with Crippen LogP contribution in [0.2, 0.25) is 0 Å². The Balaban J connectivity index is 2.84. The Bertz CT molecular complexity index is 405. The Morgan fingerprint density at radius 3 is 2.50 bits per heavy atom. The molecular weight excluding hydrogens is 358 g/mol. The van der Waals surface area contributed by atoms with Crippen molar-refractivity contribution in [1.29, 1.82) is 0 Å². The summed E-state index contributed by atoms with van der Waals surface area (Å²) < 4.78 is 7.48. The number of nitrogens with one attached hydrogen (secondary N) is 1. The fraction of sp³-hybridized carbons (Fsp3) is 0.571. The van der Waals surface area contributed by atoms with Crippen LogP contribution in [-0.4, -0.2) is 12.6 Å². The van der Waals surface area contributed by atoms with E-state index in [1.54, 1.807) is 7.11 Å². The first-order valence-electron chi connectivity index (χ1n) is 6.16. The molecule has 2 nitrogen and oxygen atoms in total. The van der Waals surface area contributed by atoms with Gasteiger partial charge in [-0.15, -0.1) is 0 Å². The lowest BCUT2D eigenvalue weighted by atomic mass is 9.98. The molecule has 0 saturated heterocycles. The molecule has 0 fully saturated rings. The minimum atomic E-state index is 0.147. The fourth-order valence-corrected chi connectivity index (χ4v) is 3.50. The number of rotatable bonds is 6. The third kappa shape index (κ3) is 4.56. The van der Waals surface area contributed by atoms with Crippen LogP contribution in [0.4, 0.5) is 0 Å². The molecule has 0 saturated carbocycles. The molecule has 0 heterocycles. The zero-order valence-corrected chi connectivity index (χ0v) is 14.6. The van der Waals surface area contributed by atoms with E-state index in [1.807, 2.05) is 6.07 Å². The van der Waals surface area contributed by atoms with Gasteiger partial charge in [-0.25, -0.2) is 0 Å². The van der Waals surface area contributed by atoms with Gasteiger partial charge in [0.25, 0.3) is 0 Å². The van der Waals surface area contributed by atoms with E-state index in [0.29, 0.717) is 0 Å². The standard InChI is InChI=1S/C14H21Br2NO/c1-5-6-14(2,3)17-9-10-7-11(15)8-12(16)13(10)18-4/h7-8,17H,5-6,9H2,1-4H3. The molecule has 0 aromatic heterocycles. The lowest BCUT2D eigenvalue weighted by molar-refractivity contribution is 0.349. The molecule has 0 aliphatic carbocycles. The summed E-state index contributed by atoms with van der Waals surface area (Å²) >= 11 is 7.04. The molecule has 4 heteroatoms. The highest BCUT2D eigenvalue weighted by molar-refractivity contribution is 9.11. The van der Waals surface area contributed by atoms with Gasteiger partial charge in [-0.05, 0) is 48.3 Å². The molecule has 0 bridgehead atoms. The van der Waals surface area contributed by atoms with E-state index in [2.05, 4.69) is 64.0 Å². The average molecular weight is 379 g/mol. The highest BCUT2D eigenvalue weighted by Gasteiger charge is 2.17. The number of hydrogen-bond acceptors (Lipinski definition) is 2. The first-order chi connectivity index (χ1) is 8.39. The smallest absolute Gasteiger partial charge is 0.137 e. The van der Waals surface area contributed by atoms with Crippen molar-refractivity contribution in [2.45, 2.75) is 45.7 Å². The minimum Gasteiger partial charge on any atom is -0.495 e. The number of hydrogen-bond donors (Lipinski definition) is 1. The van der Waals surface area contributed by atoms with Gasteiger partial charge < -0.3 is 10.1 Å². The Morgan fingerprint density at radius 1 is 1.28 bits per heavy atom. The van der Waals surface area contributed by atoms with E-state index in [0.717, 1.165) is 33.2 Å². The molecule has 0 spiro atoms. The maximum Gasteiger partial charge on any atom is 0.137 e. The van der Waals surface area contributed by atoms with Crippen molar-refractivity contribution >= 4 is 31.9 Å². The summed E-state index contributed by atoms with van der Waals surface area (Å²) in [6, 6.07) is 4.10. The van der Waals surface area contributed by atoms with Gasteiger partial charge >= 0.3 is 0 Å². The second-order valence-corrected chi connectivity index (χ2v) is 6.84. The Labute approximate surface area is 127 Å². The SMILES string of the molecule is CCCC(C)(C)NCc1cc(Br)cc(Br)c1OC. The largest absolute Gasteiger partial charge is 0.495 e. The summed E-state index contributed by atoms with van der Waals surface area (Å²) in [5, 5.41) is 3.58. The van der Waals surface area contributed by atoms with Gasteiger partial charge in [-0.1, -0.05) is 29.3 Å². The molecule has 0 aliphatic rings. The normalized spacial score (nSPS) is 11.7. The van der Waals surface area contributed by atoms with Crippen molar-refractivity contribution in [3.8, 4) is 5.75 Å². The van der Waals surface area contributed by atoms with Crippen LogP contribution in [0.5, 0.6) is 5.75 Å². The molecule has 1 aromatic rings. The highest BCUT2D eigenvalue weighted by Crippen LogP contribution is 2.33. The van der Waals surface area contributed by atoms with Gasteiger partial charge in [-0.3, -0.25) is 0 Å². The van der Waals surface area contributed by atoms with Crippen LogP contribution in [-0.2, 0) is 6.54 Å². The zero-order chi connectivity index (χ0) is 13.8. The summed E-state index contributed by atoms with van der Waals surface area (Å²) in [7, 11) is 1.70. The summed E-state index contributed by atoms with van der Waals surface area (Å²) in [6.07, 6.45) is 2.34. The lowest BCUT2D eigenvalue weighted by Crippen LogP contribution is -2.38. The second-order valence-electron chi connectivity index (χ2n) is 5.07. The van der Waals surface area contributed by atoms with Gasteiger partial charge in [0.15, 0.2) is 0 Å². The van der Waals surface area contributed by atoms with Crippen LogP contribution in [0.3, 0.4) is 0 Å². The number of halogens is 2. The van der Waals surface area contributed by atoms with Crippen molar-refractivity contribution in [3.05, 3.63) is 26.6 Å². The molecule has 102 valence electrons. The predicted molar refractivity (Wildman–Crippen MR) is 84.2 cm³/mol. The van der Waals surface area contributed by atoms with Gasteiger partial charge in [0.05, 0.1) is 11.6 Å². The molecule has 0 radical (unpaired) electrons. The van der Waals surface area contributed by atoms with Crippen LogP contribution >= 0.6 is 31.9 Å². The molecule has 1 N–H and O–H groups in total. The Hall–Kier alpha value is -0.0600. The zero-order valence-electron chi connectivity index (χ0n) is 11.4. The number of benzene rings is 1. The number of ether oxygens (including phenoxy) is 1. The Morgan fingerprint density at radius 2 is 1.94 bits per heavy atom. The van der Waals surface area contributed by atoms with E-state index in [9.17, 15) is 0 Å². The van der Waals surface area contributed by atoms with Gasteiger partial charge in [0, 0.05) is 22.1 Å². The van der Waals surface area contributed by atoms with Gasteiger partial charge in [0.1, 0.15) is 5.75 Å². The minimum absolute atomic E-state index is 0.147. The maximum atomic E-state index is 5.45. The monoisotopic (exact) mass is 377 g/mol. The second kappa shape index (κ2) is 6.92. The number of methoxy groups -OCH3 is 1. The van der Waals surface area contributed by atoms with Gasteiger partial charge in [-0.2, -0.15) is 0 Å². The van der Waals surface area contributed by atoms with E-state index in [-0.39, 0.29) is 5.54 Å². The van der Waals surface area contributed by atoms with Crippen LogP contribution in [0, 0.1) is 0 Å². The third-order valence-corrected chi connectivity index (χ3v) is 3.97. The average Bonchev–Trinajstić information content (AvgIpc) is 2.26. The molecule has 0 aliphatic heterocycles. The fourth-order valence-electron chi connectivity index (χ4n) is 2.02.